The van der Waals surface area contributed by atoms with Gasteiger partial charge < -0.3 is 10.5 Å². The Bertz CT molecular complexity index is 948. The third-order valence-electron chi connectivity index (χ3n) is 3.50. The highest BCUT2D eigenvalue weighted by atomic mass is 16.6. The molecule has 0 aliphatic heterocycles. The van der Waals surface area contributed by atoms with Crippen LogP contribution in [-0.2, 0) is 0 Å². The minimum absolute atomic E-state index is 0.0437. The van der Waals surface area contributed by atoms with Crippen molar-refractivity contribution in [2.45, 2.75) is 6.92 Å². The lowest BCUT2D eigenvalue weighted by Gasteiger charge is -2.06. The number of rotatable bonds is 5. The SMILES string of the molecule is CCOc1cc(C(=O)c2nc(N)c3ccccn23)ccc1[N+](=O)[O-]. The molecule has 8 heteroatoms. The van der Waals surface area contributed by atoms with Crippen LogP contribution in [0.4, 0.5) is 11.5 Å². The van der Waals surface area contributed by atoms with E-state index in [-0.39, 0.29) is 35.2 Å². The van der Waals surface area contributed by atoms with Crippen LogP contribution in [0, 0.1) is 10.1 Å². The zero-order valence-corrected chi connectivity index (χ0v) is 12.8. The number of nitrogens with zero attached hydrogens (tertiary/aromatic N) is 3. The first-order valence-electron chi connectivity index (χ1n) is 7.21. The molecule has 0 bridgehead atoms. The van der Waals surface area contributed by atoms with Gasteiger partial charge in [0.2, 0.25) is 5.78 Å². The number of nitro groups is 1. The summed E-state index contributed by atoms with van der Waals surface area (Å²) in [6, 6.07) is 9.28. The van der Waals surface area contributed by atoms with Gasteiger partial charge in [0, 0.05) is 17.8 Å². The summed E-state index contributed by atoms with van der Waals surface area (Å²) in [7, 11) is 0. The van der Waals surface area contributed by atoms with Crippen LogP contribution in [-0.4, -0.2) is 26.7 Å². The van der Waals surface area contributed by atoms with Gasteiger partial charge in [0.05, 0.1) is 17.0 Å². The monoisotopic (exact) mass is 326 g/mol. The van der Waals surface area contributed by atoms with E-state index in [0.717, 1.165) is 0 Å². The van der Waals surface area contributed by atoms with E-state index in [0.29, 0.717) is 5.52 Å². The number of ketones is 1. The molecule has 0 aliphatic carbocycles. The standard InChI is InChI=1S/C16H14N4O4/c1-2-24-13-9-10(6-7-11(13)20(22)23)14(21)16-18-15(17)12-5-3-4-8-19(12)16/h3-9H,2,17H2,1H3. The summed E-state index contributed by atoms with van der Waals surface area (Å²) in [4.78, 5) is 27.3. The summed E-state index contributed by atoms with van der Waals surface area (Å²) in [6.07, 6.45) is 1.68. The number of nitro benzene ring substituents is 1. The van der Waals surface area contributed by atoms with Crippen LogP contribution in [0.5, 0.6) is 5.75 Å². The van der Waals surface area contributed by atoms with Crippen molar-refractivity contribution in [3.63, 3.8) is 0 Å². The summed E-state index contributed by atoms with van der Waals surface area (Å²) in [6.45, 7) is 1.96. The average Bonchev–Trinajstić information content (AvgIpc) is 2.91. The van der Waals surface area contributed by atoms with Crippen LogP contribution in [0.3, 0.4) is 0 Å². The largest absolute Gasteiger partial charge is 0.487 e. The molecule has 122 valence electrons. The number of hydrogen-bond donors (Lipinski definition) is 1. The number of pyridine rings is 1. The summed E-state index contributed by atoms with van der Waals surface area (Å²) in [5.74, 6) is 0.0243. The van der Waals surface area contributed by atoms with E-state index < -0.39 is 10.7 Å². The first-order chi connectivity index (χ1) is 11.5. The van der Waals surface area contributed by atoms with Crippen molar-refractivity contribution >= 4 is 22.8 Å². The summed E-state index contributed by atoms with van der Waals surface area (Å²) in [5.41, 5.74) is 6.50. The second-order valence-electron chi connectivity index (χ2n) is 4.98. The Balaban J connectivity index is 2.09. The van der Waals surface area contributed by atoms with Crippen molar-refractivity contribution in [2.75, 3.05) is 12.3 Å². The molecule has 2 heterocycles. The third-order valence-corrected chi connectivity index (χ3v) is 3.50. The number of benzene rings is 1. The zero-order chi connectivity index (χ0) is 17.3. The van der Waals surface area contributed by atoms with Crippen molar-refractivity contribution in [2.24, 2.45) is 0 Å². The van der Waals surface area contributed by atoms with E-state index in [1.807, 2.05) is 0 Å². The fourth-order valence-electron chi connectivity index (χ4n) is 2.43. The normalized spacial score (nSPS) is 10.7. The predicted molar refractivity (Wildman–Crippen MR) is 87.3 cm³/mol. The molecule has 0 saturated heterocycles. The molecule has 0 unspecified atom stereocenters. The van der Waals surface area contributed by atoms with Gasteiger partial charge in [-0.2, -0.15) is 0 Å². The highest BCUT2D eigenvalue weighted by Crippen LogP contribution is 2.29. The van der Waals surface area contributed by atoms with E-state index in [1.165, 1.54) is 18.2 Å². The Morgan fingerprint density at radius 3 is 2.88 bits per heavy atom. The number of imidazole rings is 1. The maximum Gasteiger partial charge on any atom is 0.310 e. The fraction of sp³-hybridized carbons (Fsp3) is 0.125. The molecule has 0 spiro atoms. The Kier molecular flexibility index (Phi) is 3.87. The van der Waals surface area contributed by atoms with Crippen LogP contribution in [0.2, 0.25) is 0 Å². The molecule has 0 aliphatic rings. The number of hydrogen-bond acceptors (Lipinski definition) is 6. The van der Waals surface area contributed by atoms with E-state index in [4.69, 9.17) is 10.5 Å². The third kappa shape index (κ3) is 2.54. The van der Waals surface area contributed by atoms with Gasteiger partial charge >= 0.3 is 5.69 Å². The Morgan fingerprint density at radius 2 is 2.17 bits per heavy atom. The van der Waals surface area contributed by atoms with Crippen LogP contribution in [0.1, 0.15) is 23.1 Å². The molecular formula is C16H14N4O4. The van der Waals surface area contributed by atoms with Crippen molar-refractivity contribution in [3.05, 3.63) is 64.1 Å². The van der Waals surface area contributed by atoms with Crippen LogP contribution in [0.25, 0.3) is 5.52 Å². The van der Waals surface area contributed by atoms with E-state index in [1.54, 1.807) is 35.7 Å². The number of ether oxygens (including phenoxy) is 1. The van der Waals surface area contributed by atoms with E-state index >= 15 is 0 Å². The van der Waals surface area contributed by atoms with Crippen LogP contribution < -0.4 is 10.5 Å². The lowest BCUT2D eigenvalue weighted by Crippen LogP contribution is -2.08. The summed E-state index contributed by atoms with van der Waals surface area (Å²) >= 11 is 0. The molecule has 2 aromatic heterocycles. The van der Waals surface area contributed by atoms with Gasteiger partial charge in [-0.1, -0.05) is 6.07 Å². The number of carbonyl (C=O) groups excluding carboxylic acids is 1. The lowest BCUT2D eigenvalue weighted by molar-refractivity contribution is -0.385. The van der Waals surface area contributed by atoms with Gasteiger partial charge in [-0.25, -0.2) is 4.98 Å². The second-order valence-corrected chi connectivity index (χ2v) is 4.98. The van der Waals surface area contributed by atoms with Crippen LogP contribution in [0.15, 0.2) is 42.6 Å². The molecule has 0 amide bonds. The Morgan fingerprint density at radius 1 is 1.38 bits per heavy atom. The van der Waals surface area contributed by atoms with Crippen LogP contribution >= 0.6 is 0 Å². The highest BCUT2D eigenvalue weighted by Gasteiger charge is 2.22. The number of anilines is 1. The highest BCUT2D eigenvalue weighted by molar-refractivity contribution is 6.08. The smallest absolute Gasteiger partial charge is 0.310 e. The predicted octanol–water partition coefficient (Wildman–Crippen LogP) is 2.45. The maximum atomic E-state index is 12.7. The van der Waals surface area contributed by atoms with Crippen molar-refractivity contribution in [3.8, 4) is 5.75 Å². The Labute approximate surface area is 136 Å². The molecule has 0 radical (unpaired) electrons. The van der Waals surface area contributed by atoms with Gasteiger partial charge in [-0.3, -0.25) is 19.3 Å². The second kappa shape index (κ2) is 5.99. The average molecular weight is 326 g/mol. The maximum absolute atomic E-state index is 12.7. The van der Waals surface area contributed by atoms with Gasteiger partial charge in [0.25, 0.3) is 0 Å². The first-order valence-corrected chi connectivity index (χ1v) is 7.21. The number of aromatic nitrogens is 2. The number of carbonyl (C=O) groups is 1. The van der Waals surface area contributed by atoms with Crippen molar-refractivity contribution in [1.82, 2.24) is 9.38 Å². The Hall–Kier alpha value is -3.42. The van der Waals surface area contributed by atoms with Gasteiger partial charge in [0.15, 0.2) is 11.6 Å². The number of nitrogen functional groups attached to an aromatic ring is 1. The lowest BCUT2D eigenvalue weighted by atomic mass is 10.1. The molecular weight excluding hydrogens is 312 g/mol. The molecule has 0 fully saturated rings. The molecule has 0 saturated carbocycles. The summed E-state index contributed by atoms with van der Waals surface area (Å²) < 4.78 is 6.85. The van der Waals surface area contributed by atoms with Gasteiger partial charge in [-0.05, 0) is 31.2 Å². The van der Waals surface area contributed by atoms with Crippen molar-refractivity contribution in [1.29, 1.82) is 0 Å². The van der Waals surface area contributed by atoms with Gasteiger partial charge in [0.1, 0.15) is 5.82 Å². The molecule has 24 heavy (non-hydrogen) atoms. The molecule has 2 N–H and O–H groups in total. The quantitative estimate of drug-likeness (QED) is 0.438. The molecule has 8 nitrogen and oxygen atoms in total. The van der Waals surface area contributed by atoms with Gasteiger partial charge in [-0.15, -0.1) is 0 Å². The topological polar surface area (TPSA) is 113 Å². The minimum Gasteiger partial charge on any atom is -0.487 e. The van der Waals surface area contributed by atoms with Crippen molar-refractivity contribution < 1.29 is 14.5 Å². The van der Waals surface area contributed by atoms with E-state index in [9.17, 15) is 14.9 Å². The fourth-order valence-corrected chi connectivity index (χ4v) is 2.43. The van der Waals surface area contributed by atoms with E-state index in [2.05, 4.69) is 4.98 Å². The molecule has 1 aromatic carbocycles. The first kappa shape index (κ1) is 15.5. The molecule has 3 rings (SSSR count). The zero-order valence-electron chi connectivity index (χ0n) is 12.8. The number of nitrogens with two attached hydrogens (primary N) is 1. The number of fused-ring (bicyclic) bond motifs is 1. The molecule has 0 atom stereocenters. The minimum atomic E-state index is -0.553. The summed E-state index contributed by atoms with van der Waals surface area (Å²) in [5, 5.41) is 11.0. The molecule has 3 aromatic rings.